The second-order valence-corrected chi connectivity index (χ2v) is 5.68. The monoisotopic (exact) mass is 276 g/mol. The summed E-state index contributed by atoms with van der Waals surface area (Å²) >= 11 is 0. The van der Waals surface area contributed by atoms with Crippen LogP contribution in [0.4, 0.5) is 5.69 Å². The molecular weight excluding hydrogens is 256 g/mol. The first-order valence-corrected chi connectivity index (χ1v) is 7.63. The molecule has 1 aliphatic rings. The van der Waals surface area contributed by atoms with Crippen LogP contribution in [0.25, 0.3) is 0 Å². The van der Waals surface area contributed by atoms with Gasteiger partial charge in [-0.3, -0.25) is 0 Å². The van der Waals surface area contributed by atoms with Gasteiger partial charge in [-0.25, -0.2) is 0 Å². The number of nitriles is 1. The van der Waals surface area contributed by atoms with E-state index >= 15 is 0 Å². The molecule has 0 N–H and O–H groups in total. The van der Waals surface area contributed by atoms with Crippen LogP contribution in [-0.2, 0) is 6.42 Å². The van der Waals surface area contributed by atoms with E-state index in [0.29, 0.717) is 12.5 Å². The van der Waals surface area contributed by atoms with Crippen LogP contribution in [0.2, 0.25) is 0 Å². The first-order chi connectivity index (χ1) is 10.4. The van der Waals surface area contributed by atoms with Gasteiger partial charge in [-0.05, 0) is 42.5 Å². The van der Waals surface area contributed by atoms with Crippen molar-refractivity contribution in [3.05, 3.63) is 65.7 Å². The van der Waals surface area contributed by atoms with Gasteiger partial charge in [-0.15, -0.1) is 0 Å². The average Bonchev–Trinajstić information content (AvgIpc) is 2.98. The third kappa shape index (κ3) is 3.25. The van der Waals surface area contributed by atoms with E-state index in [2.05, 4.69) is 65.6 Å². The van der Waals surface area contributed by atoms with Crippen LogP contribution in [0.5, 0.6) is 0 Å². The Hall–Kier alpha value is -2.27. The Labute approximate surface area is 126 Å². The van der Waals surface area contributed by atoms with E-state index in [1.807, 2.05) is 0 Å². The highest BCUT2D eigenvalue weighted by atomic mass is 15.2. The minimum absolute atomic E-state index is 0.398. The highest BCUT2D eigenvalue weighted by Crippen LogP contribution is 2.27. The molecule has 0 saturated carbocycles. The molecule has 0 amide bonds. The third-order valence-corrected chi connectivity index (χ3v) is 4.22. The van der Waals surface area contributed by atoms with Crippen molar-refractivity contribution >= 4 is 5.69 Å². The number of nitrogens with zero attached hydrogens (tertiary/aromatic N) is 2. The molecule has 1 fully saturated rings. The minimum atomic E-state index is 0.398. The molecule has 1 heterocycles. The Morgan fingerprint density at radius 2 is 1.71 bits per heavy atom. The van der Waals surface area contributed by atoms with Crippen molar-refractivity contribution in [2.24, 2.45) is 0 Å². The molecule has 0 radical (unpaired) electrons. The molecule has 3 rings (SSSR count). The summed E-state index contributed by atoms with van der Waals surface area (Å²) in [4.78, 5) is 2.38. The third-order valence-electron chi connectivity index (χ3n) is 4.22. The van der Waals surface area contributed by atoms with E-state index < -0.39 is 0 Å². The summed E-state index contributed by atoms with van der Waals surface area (Å²) in [7, 11) is 0. The van der Waals surface area contributed by atoms with E-state index in [0.717, 1.165) is 19.4 Å². The number of hydrogen-bond acceptors (Lipinski definition) is 2. The molecule has 0 aromatic heterocycles. The lowest BCUT2D eigenvalue weighted by Crippen LogP contribution is -2.28. The smallest absolute Gasteiger partial charge is 0.0643 e. The summed E-state index contributed by atoms with van der Waals surface area (Å²) in [6.07, 6.45) is 3.94. The van der Waals surface area contributed by atoms with Crippen LogP contribution in [0.3, 0.4) is 0 Å². The predicted octanol–water partition coefficient (Wildman–Crippen LogP) is 4.16. The maximum atomic E-state index is 8.92. The Morgan fingerprint density at radius 3 is 2.43 bits per heavy atom. The van der Waals surface area contributed by atoms with Crippen LogP contribution >= 0.6 is 0 Å². The van der Waals surface area contributed by atoms with Crippen LogP contribution in [0, 0.1) is 11.3 Å². The standard InChI is InChI=1S/C19H20N2/c20-13-12-18-7-4-14-21(18)19-10-8-17(9-11-19)15-16-5-2-1-3-6-16/h1-3,5-6,8-11,18H,4,7,12,14-15H2/t18-/m0/s1. The van der Waals surface area contributed by atoms with Crippen molar-refractivity contribution < 1.29 is 0 Å². The van der Waals surface area contributed by atoms with Crippen molar-refractivity contribution in [3.63, 3.8) is 0 Å². The first-order valence-electron chi connectivity index (χ1n) is 7.63. The van der Waals surface area contributed by atoms with Crippen molar-refractivity contribution in [3.8, 4) is 6.07 Å². The minimum Gasteiger partial charge on any atom is -0.368 e. The molecule has 0 bridgehead atoms. The van der Waals surface area contributed by atoms with E-state index in [4.69, 9.17) is 5.26 Å². The zero-order valence-corrected chi connectivity index (χ0v) is 12.2. The molecular formula is C19H20N2. The van der Waals surface area contributed by atoms with Gasteiger partial charge in [0.25, 0.3) is 0 Å². The molecule has 2 aromatic rings. The van der Waals surface area contributed by atoms with Gasteiger partial charge in [0.1, 0.15) is 0 Å². The van der Waals surface area contributed by atoms with Gasteiger partial charge in [-0.1, -0.05) is 42.5 Å². The summed E-state index contributed by atoms with van der Waals surface area (Å²) < 4.78 is 0. The van der Waals surface area contributed by atoms with Crippen molar-refractivity contribution in [2.75, 3.05) is 11.4 Å². The maximum Gasteiger partial charge on any atom is 0.0643 e. The molecule has 1 aliphatic heterocycles. The average molecular weight is 276 g/mol. The van der Waals surface area contributed by atoms with Crippen LogP contribution in [0.15, 0.2) is 54.6 Å². The van der Waals surface area contributed by atoms with Crippen molar-refractivity contribution in [1.29, 1.82) is 5.26 Å². The Kier molecular flexibility index (Phi) is 4.21. The quantitative estimate of drug-likeness (QED) is 0.838. The summed E-state index contributed by atoms with van der Waals surface area (Å²) in [5, 5.41) is 8.92. The molecule has 2 heteroatoms. The van der Waals surface area contributed by atoms with E-state index in [-0.39, 0.29) is 0 Å². The van der Waals surface area contributed by atoms with Gasteiger partial charge in [0.2, 0.25) is 0 Å². The maximum absolute atomic E-state index is 8.92. The van der Waals surface area contributed by atoms with Gasteiger partial charge in [-0.2, -0.15) is 5.26 Å². The molecule has 2 nitrogen and oxygen atoms in total. The zero-order chi connectivity index (χ0) is 14.5. The van der Waals surface area contributed by atoms with E-state index in [9.17, 15) is 0 Å². The molecule has 0 spiro atoms. The van der Waals surface area contributed by atoms with Crippen molar-refractivity contribution in [1.82, 2.24) is 0 Å². The number of hydrogen-bond donors (Lipinski definition) is 0. The Balaban J connectivity index is 1.71. The second kappa shape index (κ2) is 6.45. The lowest BCUT2D eigenvalue weighted by molar-refractivity contribution is 0.683. The van der Waals surface area contributed by atoms with Gasteiger partial charge in [0.15, 0.2) is 0 Å². The van der Waals surface area contributed by atoms with Gasteiger partial charge in [0.05, 0.1) is 12.5 Å². The van der Waals surface area contributed by atoms with Crippen LogP contribution < -0.4 is 4.90 Å². The van der Waals surface area contributed by atoms with E-state index in [1.165, 1.54) is 23.2 Å². The van der Waals surface area contributed by atoms with Crippen molar-refractivity contribution in [2.45, 2.75) is 31.7 Å². The molecule has 0 aliphatic carbocycles. The van der Waals surface area contributed by atoms with Gasteiger partial charge in [0, 0.05) is 18.3 Å². The SMILES string of the molecule is N#CC[C@@H]1CCCN1c1ccc(Cc2ccccc2)cc1. The van der Waals surface area contributed by atoms with Gasteiger partial charge < -0.3 is 4.90 Å². The Bertz CT molecular complexity index is 610. The molecule has 21 heavy (non-hydrogen) atoms. The topological polar surface area (TPSA) is 27.0 Å². The Morgan fingerprint density at radius 1 is 1.00 bits per heavy atom. The largest absolute Gasteiger partial charge is 0.368 e. The van der Waals surface area contributed by atoms with Gasteiger partial charge >= 0.3 is 0 Å². The first kappa shape index (κ1) is 13.7. The highest BCUT2D eigenvalue weighted by Gasteiger charge is 2.24. The molecule has 1 atom stereocenters. The normalized spacial score (nSPS) is 17.7. The second-order valence-electron chi connectivity index (χ2n) is 5.68. The fourth-order valence-electron chi connectivity index (χ4n) is 3.13. The summed E-state index contributed by atoms with van der Waals surface area (Å²) in [6, 6.07) is 22.1. The van der Waals surface area contributed by atoms with E-state index in [1.54, 1.807) is 0 Å². The number of rotatable bonds is 4. The summed E-state index contributed by atoms with van der Waals surface area (Å²) in [5.74, 6) is 0. The van der Waals surface area contributed by atoms with Crippen LogP contribution in [-0.4, -0.2) is 12.6 Å². The molecule has 0 unspecified atom stereocenters. The fraction of sp³-hybridized carbons (Fsp3) is 0.316. The number of benzene rings is 2. The summed E-state index contributed by atoms with van der Waals surface area (Å²) in [6.45, 7) is 1.07. The number of anilines is 1. The predicted molar refractivity (Wildman–Crippen MR) is 86.3 cm³/mol. The lowest BCUT2D eigenvalue weighted by atomic mass is 10.0. The molecule has 1 saturated heterocycles. The molecule has 2 aromatic carbocycles. The lowest BCUT2D eigenvalue weighted by Gasteiger charge is -2.25. The highest BCUT2D eigenvalue weighted by molar-refractivity contribution is 5.50. The van der Waals surface area contributed by atoms with Crippen LogP contribution in [0.1, 0.15) is 30.4 Å². The zero-order valence-electron chi connectivity index (χ0n) is 12.2. The summed E-state index contributed by atoms with van der Waals surface area (Å²) in [5.41, 5.74) is 3.93. The molecule has 106 valence electrons. The fourth-order valence-corrected chi connectivity index (χ4v) is 3.13.